The van der Waals surface area contributed by atoms with Crippen molar-refractivity contribution in [2.45, 2.75) is 31.4 Å². The normalized spacial score (nSPS) is 16.7. The first-order valence-corrected chi connectivity index (χ1v) is 6.09. The van der Waals surface area contributed by atoms with Crippen molar-refractivity contribution in [2.75, 3.05) is 11.9 Å². The first-order valence-electron chi connectivity index (χ1n) is 5.71. The van der Waals surface area contributed by atoms with Crippen LogP contribution < -0.4 is 10.9 Å². The van der Waals surface area contributed by atoms with Crippen molar-refractivity contribution in [1.29, 1.82) is 0 Å². The molecule has 0 amide bonds. The number of terminal acetylenes is 1. The van der Waals surface area contributed by atoms with E-state index >= 15 is 0 Å². The van der Waals surface area contributed by atoms with Gasteiger partial charge >= 0.3 is 0 Å². The predicted molar refractivity (Wildman–Crippen MR) is 69.6 cm³/mol. The first-order chi connectivity index (χ1) is 8.56. The lowest BCUT2D eigenvalue weighted by Gasteiger charge is -2.36. The van der Waals surface area contributed by atoms with Gasteiger partial charge in [0.1, 0.15) is 12.2 Å². The van der Waals surface area contributed by atoms with Gasteiger partial charge in [0.25, 0.3) is 5.56 Å². The van der Waals surface area contributed by atoms with E-state index in [0.29, 0.717) is 6.54 Å². The van der Waals surface area contributed by atoms with E-state index in [1.165, 1.54) is 6.20 Å². The van der Waals surface area contributed by atoms with Crippen LogP contribution in [0.25, 0.3) is 0 Å². The highest BCUT2D eigenvalue weighted by Gasteiger charge is 2.34. The lowest BCUT2D eigenvalue weighted by molar-refractivity contribution is -0.0202. The molecule has 6 heteroatoms. The van der Waals surface area contributed by atoms with Crippen molar-refractivity contribution in [2.24, 2.45) is 0 Å². The molecule has 0 atom stereocenters. The van der Waals surface area contributed by atoms with Crippen LogP contribution in [0.4, 0.5) is 5.69 Å². The van der Waals surface area contributed by atoms with E-state index < -0.39 is 5.60 Å². The van der Waals surface area contributed by atoms with Crippen LogP contribution in [0.15, 0.2) is 11.0 Å². The van der Waals surface area contributed by atoms with Crippen LogP contribution in [-0.2, 0) is 6.54 Å². The molecule has 0 saturated heterocycles. The number of hydrogen-bond donors (Lipinski definition) is 2. The Morgan fingerprint density at radius 3 is 2.94 bits per heavy atom. The standard InChI is InChI=1S/C12H14ClN3O2/c1-2-6-16-11(17)10(9(13)7-15-16)14-8-12(18)4-3-5-12/h1,7,14,18H,3-6,8H2. The van der Waals surface area contributed by atoms with E-state index in [1.54, 1.807) is 0 Å². The summed E-state index contributed by atoms with van der Waals surface area (Å²) in [4.78, 5) is 12.0. The summed E-state index contributed by atoms with van der Waals surface area (Å²) in [6.07, 6.45) is 9.00. The smallest absolute Gasteiger partial charge is 0.292 e. The molecule has 0 spiro atoms. The Hall–Kier alpha value is -1.51. The van der Waals surface area contributed by atoms with Crippen molar-refractivity contribution in [3.05, 3.63) is 21.6 Å². The monoisotopic (exact) mass is 267 g/mol. The first kappa shape index (κ1) is 12.9. The van der Waals surface area contributed by atoms with Crippen LogP contribution in [0.2, 0.25) is 5.02 Å². The molecular weight excluding hydrogens is 254 g/mol. The largest absolute Gasteiger partial charge is 0.388 e. The molecule has 1 aromatic rings. The number of halogens is 1. The Balaban J connectivity index is 2.18. The molecule has 1 heterocycles. The van der Waals surface area contributed by atoms with Crippen LogP contribution in [0.3, 0.4) is 0 Å². The van der Waals surface area contributed by atoms with Crippen LogP contribution >= 0.6 is 11.6 Å². The molecule has 1 saturated carbocycles. The molecule has 0 aromatic carbocycles. The number of anilines is 1. The molecule has 0 unspecified atom stereocenters. The van der Waals surface area contributed by atoms with Crippen molar-refractivity contribution >= 4 is 17.3 Å². The molecule has 1 fully saturated rings. The van der Waals surface area contributed by atoms with Crippen molar-refractivity contribution in [3.63, 3.8) is 0 Å². The third-order valence-corrected chi connectivity index (χ3v) is 3.40. The molecular formula is C12H14ClN3O2. The molecule has 1 aliphatic rings. The summed E-state index contributed by atoms with van der Waals surface area (Å²) in [7, 11) is 0. The maximum Gasteiger partial charge on any atom is 0.292 e. The van der Waals surface area contributed by atoms with Gasteiger partial charge < -0.3 is 10.4 Å². The van der Waals surface area contributed by atoms with Crippen LogP contribution in [0, 0.1) is 12.3 Å². The number of nitrogens with zero attached hydrogens (tertiary/aromatic N) is 2. The zero-order valence-electron chi connectivity index (χ0n) is 9.82. The van der Waals surface area contributed by atoms with Crippen LogP contribution in [0.1, 0.15) is 19.3 Å². The van der Waals surface area contributed by atoms with Gasteiger partial charge in [-0.05, 0) is 19.3 Å². The van der Waals surface area contributed by atoms with Gasteiger partial charge in [-0.1, -0.05) is 17.5 Å². The van der Waals surface area contributed by atoms with E-state index in [2.05, 4.69) is 16.3 Å². The predicted octanol–water partition coefficient (Wildman–Crippen LogP) is 0.857. The zero-order chi connectivity index (χ0) is 13.2. The van der Waals surface area contributed by atoms with Gasteiger partial charge in [-0.25, -0.2) is 4.68 Å². The highest BCUT2D eigenvalue weighted by atomic mass is 35.5. The number of nitrogens with one attached hydrogen (secondary N) is 1. The molecule has 0 radical (unpaired) electrons. The number of hydrogen-bond acceptors (Lipinski definition) is 4. The Bertz CT molecular complexity index is 543. The highest BCUT2D eigenvalue weighted by Crippen LogP contribution is 2.31. The summed E-state index contributed by atoms with van der Waals surface area (Å²) in [6, 6.07) is 0. The van der Waals surface area contributed by atoms with Gasteiger partial charge in [0.2, 0.25) is 0 Å². The topological polar surface area (TPSA) is 67.2 Å². The SMILES string of the molecule is C#CCn1ncc(Cl)c(NCC2(O)CCC2)c1=O. The van der Waals surface area contributed by atoms with Crippen LogP contribution in [-0.4, -0.2) is 27.0 Å². The molecule has 2 rings (SSSR count). The molecule has 5 nitrogen and oxygen atoms in total. The average Bonchev–Trinajstić information content (AvgIpc) is 2.30. The zero-order valence-corrected chi connectivity index (χ0v) is 10.6. The quantitative estimate of drug-likeness (QED) is 0.794. The molecule has 0 aliphatic heterocycles. The van der Waals surface area contributed by atoms with Gasteiger partial charge in [0.15, 0.2) is 0 Å². The molecule has 1 aliphatic carbocycles. The minimum Gasteiger partial charge on any atom is -0.388 e. The molecule has 1 aromatic heterocycles. The number of aliphatic hydroxyl groups is 1. The molecule has 18 heavy (non-hydrogen) atoms. The number of rotatable bonds is 4. The minimum absolute atomic E-state index is 0.0922. The Morgan fingerprint density at radius 2 is 2.39 bits per heavy atom. The summed E-state index contributed by atoms with van der Waals surface area (Å²) < 4.78 is 1.15. The fraction of sp³-hybridized carbons (Fsp3) is 0.500. The minimum atomic E-state index is -0.726. The van der Waals surface area contributed by atoms with E-state index in [0.717, 1.165) is 23.9 Å². The summed E-state index contributed by atoms with van der Waals surface area (Å²) in [5.41, 5.74) is -0.860. The Kier molecular flexibility index (Phi) is 3.60. The van der Waals surface area contributed by atoms with Crippen molar-refractivity contribution in [3.8, 4) is 12.3 Å². The maximum atomic E-state index is 12.0. The second-order valence-corrected chi connectivity index (χ2v) is 4.87. The van der Waals surface area contributed by atoms with E-state index in [9.17, 15) is 9.90 Å². The second kappa shape index (κ2) is 5.01. The Labute approximate surface area is 110 Å². The average molecular weight is 268 g/mol. The maximum absolute atomic E-state index is 12.0. The fourth-order valence-electron chi connectivity index (χ4n) is 1.84. The Morgan fingerprint density at radius 1 is 1.67 bits per heavy atom. The van der Waals surface area contributed by atoms with Gasteiger partial charge in [0.05, 0.1) is 16.8 Å². The van der Waals surface area contributed by atoms with E-state index in [1.807, 2.05) is 0 Å². The van der Waals surface area contributed by atoms with Gasteiger partial charge in [-0.3, -0.25) is 4.79 Å². The molecule has 96 valence electrons. The van der Waals surface area contributed by atoms with Gasteiger partial charge in [-0.2, -0.15) is 5.10 Å². The summed E-state index contributed by atoms with van der Waals surface area (Å²) in [5, 5.41) is 16.9. The van der Waals surface area contributed by atoms with Gasteiger partial charge in [0, 0.05) is 6.54 Å². The highest BCUT2D eigenvalue weighted by molar-refractivity contribution is 6.32. The molecule has 0 bridgehead atoms. The third-order valence-electron chi connectivity index (χ3n) is 3.12. The third kappa shape index (κ3) is 2.50. The lowest BCUT2D eigenvalue weighted by Crippen LogP contribution is -2.44. The van der Waals surface area contributed by atoms with Crippen molar-refractivity contribution in [1.82, 2.24) is 9.78 Å². The summed E-state index contributed by atoms with van der Waals surface area (Å²) in [5.74, 6) is 2.35. The summed E-state index contributed by atoms with van der Waals surface area (Å²) in [6.45, 7) is 0.400. The van der Waals surface area contributed by atoms with Crippen LogP contribution in [0.5, 0.6) is 0 Å². The van der Waals surface area contributed by atoms with Gasteiger partial charge in [-0.15, -0.1) is 6.42 Å². The van der Waals surface area contributed by atoms with Crippen molar-refractivity contribution < 1.29 is 5.11 Å². The lowest BCUT2D eigenvalue weighted by atomic mass is 9.80. The number of aromatic nitrogens is 2. The summed E-state index contributed by atoms with van der Waals surface area (Å²) >= 11 is 5.92. The van der Waals surface area contributed by atoms with E-state index in [4.69, 9.17) is 18.0 Å². The van der Waals surface area contributed by atoms with E-state index in [-0.39, 0.29) is 22.8 Å². The molecule has 2 N–H and O–H groups in total. The fourth-order valence-corrected chi connectivity index (χ4v) is 2.03. The second-order valence-electron chi connectivity index (χ2n) is 4.47.